The second kappa shape index (κ2) is 2.94. The average molecular weight is 145 g/mol. The lowest BCUT2D eigenvalue weighted by molar-refractivity contribution is 0.657. The Morgan fingerprint density at radius 3 is 2.78 bits per heavy atom. The quantitative estimate of drug-likeness (QED) is 0.668. The molecule has 0 fully saturated rings. The van der Waals surface area contributed by atoms with Crippen LogP contribution in [0.25, 0.3) is 0 Å². The van der Waals surface area contributed by atoms with Gasteiger partial charge in [0.05, 0.1) is 0 Å². The average Bonchev–Trinajstić information content (AvgIpc) is 2.17. The van der Waals surface area contributed by atoms with Crippen LogP contribution in [-0.2, 0) is 6.42 Å². The molecule has 0 saturated heterocycles. The molecule has 0 radical (unpaired) electrons. The molecular weight excluding hydrogens is 137 g/mol. The number of rotatable bonds is 2. The van der Waals surface area contributed by atoms with E-state index in [1.54, 1.807) is 6.07 Å². The molecule has 1 heterocycles. The summed E-state index contributed by atoms with van der Waals surface area (Å²) in [6.07, 6.45) is 0.786. The van der Waals surface area contributed by atoms with Gasteiger partial charge in [-0.05, 0) is 25.1 Å². The third kappa shape index (κ3) is 1.77. The lowest BCUT2D eigenvalue weighted by Gasteiger charge is -1.86. The first-order valence-electron chi connectivity index (χ1n) is 2.77. The standard InChI is InChI=1S/C6H8FNS/c7-6-2-1-5(9-6)3-4-8/h1-2H,3-4,8H2. The lowest BCUT2D eigenvalue weighted by Crippen LogP contribution is -2.00. The van der Waals surface area contributed by atoms with Gasteiger partial charge in [-0.25, -0.2) is 0 Å². The molecule has 0 unspecified atom stereocenters. The highest BCUT2D eigenvalue weighted by Gasteiger charge is 1.95. The van der Waals surface area contributed by atoms with Gasteiger partial charge < -0.3 is 5.73 Å². The van der Waals surface area contributed by atoms with E-state index in [9.17, 15) is 4.39 Å². The monoisotopic (exact) mass is 145 g/mol. The summed E-state index contributed by atoms with van der Waals surface area (Å²) < 4.78 is 12.2. The van der Waals surface area contributed by atoms with Gasteiger partial charge in [0.1, 0.15) is 0 Å². The molecule has 0 saturated carbocycles. The predicted octanol–water partition coefficient (Wildman–Crippen LogP) is 1.39. The fraction of sp³-hybridized carbons (Fsp3) is 0.333. The van der Waals surface area contributed by atoms with Crippen LogP contribution in [0.15, 0.2) is 12.1 Å². The number of nitrogens with two attached hydrogens (primary N) is 1. The van der Waals surface area contributed by atoms with Gasteiger partial charge in [-0.3, -0.25) is 0 Å². The summed E-state index contributed by atoms with van der Waals surface area (Å²) in [6.45, 7) is 0.597. The minimum absolute atomic E-state index is 0.126. The molecular formula is C6H8FNS. The van der Waals surface area contributed by atoms with E-state index in [0.29, 0.717) is 6.54 Å². The fourth-order valence-electron chi connectivity index (χ4n) is 0.628. The van der Waals surface area contributed by atoms with Crippen LogP contribution < -0.4 is 5.73 Å². The third-order valence-electron chi connectivity index (χ3n) is 1.02. The highest BCUT2D eigenvalue weighted by Crippen LogP contribution is 2.13. The van der Waals surface area contributed by atoms with Gasteiger partial charge in [0.25, 0.3) is 0 Å². The van der Waals surface area contributed by atoms with Crippen LogP contribution in [0.2, 0.25) is 0 Å². The predicted molar refractivity (Wildman–Crippen MR) is 37.0 cm³/mol. The summed E-state index contributed by atoms with van der Waals surface area (Å²) in [5.74, 6) is 0. The Morgan fingerprint density at radius 2 is 2.33 bits per heavy atom. The van der Waals surface area contributed by atoms with Crippen LogP contribution in [0.4, 0.5) is 4.39 Å². The summed E-state index contributed by atoms with van der Waals surface area (Å²) in [6, 6.07) is 3.24. The van der Waals surface area contributed by atoms with Gasteiger partial charge in [-0.2, -0.15) is 4.39 Å². The van der Waals surface area contributed by atoms with E-state index in [1.807, 2.05) is 0 Å². The van der Waals surface area contributed by atoms with Gasteiger partial charge in [-0.1, -0.05) is 0 Å². The number of thiophene rings is 1. The van der Waals surface area contributed by atoms with Crippen molar-refractivity contribution in [2.45, 2.75) is 6.42 Å². The maximum absolute atomic E-state index is 12.2. The van der Waals surface area contributed by atoms with Gasteiger partial charge in [0.2, 0.25) is 0 Å². The largest absolute Gasteiger partial charge is 0.330 e. The molecule has 1 aromatic heterocycles. The molecule has 0 aliphatic rings. The Bertz CT molecular complexity index is 185. The van der Waals surface area contributed by atoms with Crippen molar-refractivity contribution < 1.29 is 4.39 Å². The van der Waals surface area contributed by atoms with Crippen molar-refractivity contribution in [2.24, 2.45) is 5.73 Å². The highest BCUT2D eigenvalue weighted by molar-refractivity contribution is 7.10. The van der Waals surface area contributed by atoms with E-state index in [0.717, 1.165) is 11.3 Å². The molecule has 0 bridgehead atoms. The molecule has 3 heteroatoms. The van der Waals surface area contributed by atoms with Crippen molar-refractivity contribution in [3.63, 3.8) is 0 Å². The maximum atomic E-state index is 12.2. The Balaban J connectivity index is 2.61. The molecule has 2 N–H and O–H groups in total. The second-order valence-corrected chi connectivity index (χ2v) is 2.86. The van der Waals surface area contributed by atoms with Crippen molar-refractivity contribution in [2.75, 3.05) is 6.54 Å². The van der Waals surface area contributed by atoms with Gasteiger partial charge in [0.15, 0.2) is 5.13 Å². The highest BCUT2D eigenvalue weighted by atomic mass is 32.1. The normalized spacial score (nSPS) is 10.0. The summed E-state index contributed by atoms with van der Waals surface area (Å²) in [7, 11) is 0. The third-order valence-corrected chi connectivity index (χ3v) is 1.95. The molecule has 1 rings (SSSR count). The van der Waals surface area contributed by atoms with Crippen molar-refractivity contribution in [1.29, 1.82) is 0 Å². The Morgan fingerprint density at radius 1 is 1.56 bits per heavy atom. The molecule has 0 aliphatic heterocycles. The van der Waals surface area contributed by atoms with Gasteiger partial charge in [-0.15, -0.1) is 11.3 Å². The summed E-state index contributed by atoms with van der Waals surface area (Å²) in [4.78, 5) is 1.02. The molecule has 1 nitrogen and oxygen atoms in total. The number of halogens is 1. The Kier molecular flexibility index (Phi) is 2.19. The first-order chi connectivity index (χ1) is 4.33. The molecule has 0 aromatic carbocycles. The van der Waals surface area contributed by atoms with E-state index < -0.39 is 0 Å². The smallest absolute Gasteiger partial charge is 0.176 e. The molecule has 9 heavy (non-hydrogen) atoms. The maximum Gasteiger partial charge on any atom is 0.176 e. The molecule has 0 amide bonds. The van der Waals surface area contributed by atoms with Gasteiger partial charge >= 0.3 is 0 Å². The van der Waals surface area contributed by atoms with Crippen LogP contribution in [-0.4, -0.2) is 6.54 Å². The van der Waals surface area contributed by atoms with E-state index in [-0.39, 0.29) is 5.13 Å². The van der Waals surface area contributed by atoms with E-state index in [2.05, 4.69) is 0 Å². The van der Waals surface area contributed by atoms with Crippen LogP contribution >= 0.6 is 11.3 Å². The first kappa shape index (κ1) is 6.71. The van der Waals surface area contributed by atoms with Gasteiger partial charge in [0, 0.05) is 4.88 Å². The topological polar surface area (TPSA) is 26.0 Å². The first-order valence-corrected chi connectivity index (χ1v) is 3.59. The van der Waals surface area contributed by atoms with Crippen LogP contribution in [0.1, 0.15) is 4.88 Å². The van der Waals surface area contributed by atoms with Crippen molar-refractivity contribution >= 4 is 11.3 Å². The molecule has 0 aliphatic carbocycles. The van der Waals surface area contributed by atoms with Crippen LogP contribution in [0, 0.1) is 5.13 Å². The zero-order valence-corrected chi connectivity index (χ0v) is 5.75. The molecule has 1 aromatic rings. The summed E-state index contributed by atoms with van der Waals surface area (Å²) in [5, 5.41) is -0.126. The summed E-state index contributed by atoms with van der Waals surface area (Å²) in [5.41, 5.74) is 5.25. The van der Waals surface area contributed by atoms with Crippen LogP contribution in [0.5, 0.6) is 0 Å². The van der Waals surface area contributed by atoms with Crippen LogP contribution in [0.3, 0.4) is 0 Å². The second-order valence-electron chi connectivity index (χ2n) is 1.74. The molecule has 0 spiro atoms. The number of hydrogen-bond acceptors (Lipinski definition) is 2. The zero-order valence-electron chi connectivity index (χ0n) is 4.93. The van der Waals surface area contributed by atoms with E-state index in [1.165, 1.54) is 17.4 Å². The minimum Gasteiger partial charge on any atom is -0.330 e. The van der Waals surface area contributed by atoms with E-state index in [4.69, 9.17) is 5.73 Å². The molecule has 0 atom stereocenters. The van der Waals surface area contributed by atoms with Crippen molar-refractivity contribution in [1.82, 2.24) is 0 Å². The lowest BCUT2D eigenvalue weighted by atomic mass is 10.3. The Labute approximate surface area is 57.3 Å². The fourth-order valence-corrected chi connectivity index (χ4v) is 1.37. The van der Waals surface area contributed by atoms with E-state index >= 15 is 0 Å². The van der Waals surface area contributed by atoms with Crippen molar-refractivity contribution in [3.05, 3.63) is 22.1 Å². The summed E-state index contributed by atoms with van der Waals surface area (Å²) >= 11 is 1.17. The number of hydrogen-bond donors (Lipinski definition) is 1. The zero-order chi connectivity index (χ0) is 6.69. The molecule has 50 valence electrons. The Hall–Kier alpha value is -0.410. The SMILES string of the molecule is NCCc1ccc(F)s1. The van der Waals surface area contributed by atoms with Crippen molar-refractivity contribution in [3.8, 4) is 0 Å². The minimum atomic E-state index is -0.126.